The van der Waals surface area contributed by atoms with E-state index in [1.807, 2.05) is 0 Å². The summed E-state index contributed by atoms with van der Waals surface area (Å²) >= 11 is 0. The molecule has 1 aliphatic rings. The Labute approximate surface area is 133 Å². The van der Waals surface area contributed by atoms with Crippen LogP contribution in [-0.2, 0) is 19.9 Å². The van der Waals surface area contributed by atoms with Crippen LogP contribution in [0.1, 0.15) is 27.2 Å². The van der Waals surface area contributed by atoms with E-state index in [2.05, 4.69) is 13.8 Å². The van der Waals surface area contributed by atoms with E-state index in [1.54, 1.807) is 6.92 Å². The van der Waals surface area contributed by atoms with E-state index in [4.69, 9.17) is 0 Å². The molecule has 124 valence electrons. The molecule has 0 N–H and O–H groups in total. The zero-order chi connectivity index (χ0) is 16.5. The van der Waals surface area contributed by atoms with E-state index in [9.17, 15) is 16.8 Å². The van der Waals surface area contributed by atoms with E-state index in [-0.39, 0.29) is 15.5 Å². The van der Waals surface area contributed by atoms with Gasteiger partial charge >= 0.3 is 0 Å². The quantitative estimate of drug-likeness (QED) is 0.838. The lowest BCUT2D eigenvalue weighted by molar-refractivity contribution is 0.222. The minimum absolute atomic E-state index is 0.000249. The molecule has 1 aromatic rings. The minimum atomic E-state index is -3.56. The molecule has 7 heteroatoms. The molecule has 2 rings (SSSR count). The highest BCUT2D eigenvalue weighted by atomic mass is 32.2. The standard InChI is InChI=1S/C15H23NO4S2/c1-4-21(17,18)14-5-7-15(8-6-14)22(19,20)16-10-12(2)9-13(3)11-16/h5-8,12-13H,4,9-11H2,1-3H3/t12-,13-/m1/s1. The molecule has 22 heavy (non-hydrogen) atoms. The smallest absolute Gasteiger partial charge is 0.224 e. The first-order chi connectivity index (χ1) is 10.2. The van der Waals surface area contributed by atoms with E-state index < -0.39 is 19.9 Å². The van der Waals surface area contributed by atoms with Crippen molar-refractivity contribution in [2.75, 3.05) is 18.8 Å². The van der Waals surface area contributed by atoms with Gasteiger partial charge in [-0.05, 0) is 42.5 Å². The Bertz CT molecular complexity index is 713. The van der Waals surface area contributed by atoms with Gasteiger partial charge in [0, 0.05) is 13.1 Å². The fourth-order valence-corrected chi connectivity index (χ4v) is 5.50. The maximum absolute atomic E-state index is 12.7. The van der Waals surface area contributed by atoms with Crippen molar-refractivity contribution in [3.05, 3.63) is 24.3 Å². The predicted octanol–water partition coefficient (Wildman–Crippen LogP) is 2.15. The number of piperidine rings is 1. The molecule has 1 heterocycles. The highest BCUT2D eigenvalue weighted by Crippen LogP contribution is 2.27. The second-order valence-corrected chi connectivity index (χ2v) is 10.4. The van der Waals surface area contributed by atoms with Gasteiger partial charge in [0.1, 0.15) is 0 Å². The Kier molecular flexibility index (Phi) is 4.99. The van der Waals surface area contributed by atoms with Gasteiger partial charge in [0.2, 0.25) is 10.0 Å². The van der Waals surface area contributed by atoms with Crippen LogP contribution in [0.25, 0.3) is 0 Å². The number of benzene rings is 1. The van der Waals surface area contributed by atoms with Crippen molar-refractivity contribution in [1.82, 2.24) is 4.31 Å². The lowest BCUT2D eigenvalue weighted by Crippen LogP contribution is -2.42. The maximum Gasteiger partial charge on any atom is 0.243 e. The zero-order valence-electron chi connectivity index (χ0n) is 13.2. The van der Waals surface area contributed by atoms with Crippen molar-refractivity contribution in [2.45, 2.75) is 37.0 Å². The Hall–Kier alpha value is -0.920. The fraction of sp³-hybridized carbons (Fsp3) is 0.600. The second-order valence-electron chi connectivity index (χ2n) is 6.14. The van der Waals surface area contributed by atoms with Gasteiger partial charge in [0.25, 0.3) is 0 Å². The summed E-state index contributed by atoms with van der Waals surface area (Å²) in [6, 6.07) is 5.54. The van der Waals surface area contributed by atoms with Crippen molar-refractivity contribution >= 4 is 19.9 Å². The van der Waals surface area contributed by atoms with Gasteiger partial charge in [-0.3, -0.25) is 0 Å². The molecule has 2 atom stereocenters. The molecule has 1 saturated heterocycles. The van der Waals surface area contributed by atoms with Crippen LogP contribution in [0.2, 0.25) is 0 Å². The summed E-state index contributed by atoms with van der Waals surface area (Å²) in [6.45, 7) is 6.70. The monoisotopic (exact) mass is 345 g/mol. The molecule has 1 fully saturated rings. The van der Waals surface area contributed by atoms with Gasteiger partial charge in [-0.25, -0.2) is 16.8 Å². The Morgan fingerprint density at radius 2 is 1.41 bits per heavy atom. The first-order valence-electron chi connectivity index (χ1n) is 7.49. The zero-order valence-corrected chi connectivity index (χ0v) is 14.8. The minimum Gasteiger partial charge on any atom is -0.224 e. The Morgan fingerprint density at radius 3 is 1.86 bits per heavy atom. The molecule has 0 aliphatic carbocycles. The lowest BCUT2D eigenvalue weighted by atomic mass is 9.94. The van der Waals surface area contributed by atoms with Crippen LogP contribution in [0.3, 0.4) is 0 Å². The van der Waals surface area contributed by atoms with Crippen LogP contribution in [0.5, 0.6) is 0 Å². The van der Waals surface area contributed by atoms with Crippen LogP contribution in [0.4, 0.5) is 0 Å². The van der Waals surface area contributed by atoms with Crippen molar-refractivity contribution in [2.24, 2.45) is 11.8 Å². The van der Waals surface area contributed by atoms with Crippen molar-refractivity contribution in [3.63, 3.8) is 0 Å². The van der Waals surface area contributed by atoms with Crippen molar-refractivity contribution in [1.29, 1.82) is 0 Å². The maximum atomic E-state index is 12.7. The van der Waals surface area contributed by atoms with Crippen LogP contribution >= 0.6 is 0 Å². The first kappa shape index (κ1) is 17.4. The average molecular weight is 345 g/mol. The number of sulfonamides is 1. The third kappa shape index (κ3) is 3.52. The summed E-state index contributed by atoms with van der Waals surface area (Å²) < 4.78 is 50.5. The fourth-order valence-electron chi connectivity index (χ4n) is 2.94. The summed E-state index contributed by atoms with van der Waals surface area (Å²) in [5.41, 5.74) is 0. The molecule has 0 amide bonds. The molecule has 0 spiro atoms. The highest BCUT2D eigenvalue weighted by Gasteiger charge is 2.31. The lowest BCUT2D eigenvalue weighted by Gasteiger charge is -2.34. The van der Waals surface area contributed by atoms with Crippen LogP contribution in [0, 0.1) is 11.8 Å². The SMILES string of the molecule is CCS(=O)(=O)c1ccc(S(=O)(=O)N2C[C@H](C)C[C@@H](C)C2)cc1. The molecule has 5 nitrogen and oxygen atoms in total. The molecular weight excluding hydrogens is 322 g/mol. The predicted molar refractivity (Wildman–Crippen MR) is 85.9 cm³/mol. The molecule has 0 aromatic heterocycles. The van der Waals surface area contributed by atoms with Crippen LogP contribution in [-0.4, -0.2) is 40.0 Å². The molecule has 1 aromatic carbocycles. The molecule has 0 saturated carbocycles. The van der Waals surface area contributed by atoms with Gasteiger partial charge in [0.05, 0.1) is 15.5 Å². The van der Waals surface area contributed by atoms with Crippen LogP contribution < -0.4 is 0 Å². The molecule has 0 bridgehead atoms. The molecule has 0 unspecified atom stereocenters. The molecular formula is C15H23NO4S2. The topological polar surface area (TPSA) is 71.5 Å². The van der Waals surface area contributed by atoms with Gasteiger partial charge in [-0.2, -0.15) is 4.31 Å². The summed E-state index contributed by atoms with van der Waals surface area (Å²) in [6.07, 6.45) is 1.03. The summed E-state index contributed by atoms with van der Waals surface area (Å²) in [4.78, 5) is 0.318. The van der Waals surface area contributed by atoms with Gasteiger partial charge in [-0.15, -0.1) is 0 Å². The number of nitrogens with zero attached hydrogens (tertiary/aromatic N) is 1. The van der Waals surface area contributed by atoms with Gasteiger partial charge in [-0.1, -0.05) is 20.8 Å². The van der Waals surface area contributed by atoms with E-state index in [0.717, 1.165) is 6.42 Å². The second kappa shape index (κ2) is 6.29. The third-order valence-corrected chi connectivity index (χ3v) is 7.63. The average Bonchev–Trinajstić information content (AvgIpc) is 2.46. The Morgan fingerprint density at radius 1 is 0.955 bits per heavy atom. The highest BCUT2D eigenvalue weighted by molar-refractivity contribution is 7.91. The Balaban J connectivity index is 2.30. The van der Waals surface area contributed by atoms with Gasteiger partial charge < -0.3 is 0 Å². The number of sulfone groups is 1. The van der Waals surface area contributed by atoms with Crippen molar-refractivity contribution in [3.8, 4) is 0 Å². The molecule has 0 radical (unpaired) electrons. The summed E-state index contributed by atoms with van der Waals surface area (Å²) in [7, 11) is -6.87. The van der Waals surface area contributed by atoms with E-state index in [1.165, 1.54) is 28.6 Å². The first-order valence-corrected chi connectivity index (χ1v) is 10.6. The van der Waals surface area contributed by atoms with E-state index in [0.29, 0.717) is 24.9 Å². The summed E-state index contributed by atoms with van der Waals surface area (Å²) in [5.74, 6) is 0.664. The largest absolute Gasteiger partial charge is 0.243 e. The third-order valence-electron chi connectivity index (χ3n) is 4.04. The normalized spacial score (nSPS) is 24.3. The van der Waals surface area contributed by atoms with Gasteiger partial charge in [0.15, 0.2) is 9.84 Å². The summed E-state index contributed by atoms with van der Waals surface area (Å²) in [5, 5.41) is 0. The number of hydrogen-bond donors (Lipinski definition) is 0. The number of rotatable bonds is 4. The molecule has 1 aliphatic heterocycles. The van der Waals surface area contributed by atoms with E-state index >= 15 is 0 Å². The van der Waals surface area contributed by atoms with Crippen LogP contribution in [0.15, 0.2) is 34.1 Å². The number of hydrogen-bond acceptors (Lipinski definition) is 4. The van der Waals surface area contributed by atoms with Crippen molar-refractivity contribution < 1.29 is 16.8 Å².